The molecule has 0 saturated carbocycles. The molecule has 3 heterocycles. The molecule has 0 amide bonds. The average molecular weight is 497 g/mol. The van der Waals surface area contributed by atoms with Crippen LogP contribution >= 0.6 is 0 Å². The molecular formula is C30H36N6O. The van der Waals surface area contributed by atoms with Crippen LogP contribution in [0.5, 0.6) is 0 Å². The van der Waals surface area contributed by atoms with E-state index in [1.54, 1.807) is 23.2 Å². The summed E-state index contributed by atoms with van der Waals surface area (Å²) < 4.78 is 3.66. The molecule has 1 aliphatic carbocycles. The van der Waals surface area contributed by atoms with Gasteiger partial charge in [-0.15, -0.1) is 6.58 Å². The lowest BCUT2D eigenvalue weighted by Gasteiger charge is -2.30. The summed E-state index contributed by atoms with van der Waals surface area (Å²) in [6.45, 7) is 10.7. The van der Waals surface area contributed by atoms with Crippen molar-refractivity contribution in [3.63, 3.8) is 0 Å². The van der Waals surface area contributed by atoms with Gasteiger partial charge in [0.05, 0.1) is 23.1 Å². The van der Waals surface area contributed by atoms with Crippen LogP contribution in [0.4, 0.5) is 11.5 Å². The highest BCUT2D eigenvalue weighted by Gasteiger charge is 2.21. The third kappa shape index (κ3) is 4.83. The maximum absolute atomic E-state index is 13.3. The van der Waals surface area contributed by atoms with Crippen molar-refractivity contribution in [3.05, 3.63) is 88.6 Å². The van der Waals surface area contributed by atoms with Crippen molar-refractivity contribution in [1.82, 2.24) is 24.2 Å². The van der Waals surface area contributed by atoms with Crippen molar-refractivity contribution < 1.29 is 0 Å². The first kappa shape index (κ1) is 25.0. The van der Waals surface area contributed by atoms with Crippen molar-refractivity contribution in [2.75, 3.05) is 19.4 Å². The van der Waals surface area contributed by atoms with Gasteiger partial charge >= 0.3 is 0 Å². The molecular weight excluding hydrogens is 460 g/mol. The predicted molar refractivity (Wildman–Crippen MR) is 151 cm³/mol. The predicted octanol–water partition coefficient (Wildman–Crippen LogP) is 5.23. The number of anilines is 2. The van der Waals surface area contributed by atoms with Gasteiger partial charge < -0.3 is 10.2 Å². The molecule has 0 fully saturated rings. The molecule has 1 aromatic carbocycles. The number of allylic oxidation sites excluding steroid dienone is 1. The van der Waals surface area contributed by atoms with Gasteiger partial charge in [0, 0.05) is 41.3 Å². The first-order valence-corrected chi connectivity index (χ1v) is 12.9. The molecule has 4 aromatic rings. The van der Waals surface area contributed by atoms with E-state index >= 15 is 0 Å². The number of hydrogen-bond donors (Lipinski definition) is 1. The van der Waals surface area contributed by atoms with E-state index in [0.29, 0.717) is 23.8 Å². The van der Waals surface area contributed by atoms with Crippen LogP contribution in [-0.4, -0.2) is 44.4 Å². The highest BCUT2D eigenvalue weighted by atomic mass is 16.1. The fourth-order valence-electron chi connectivity index (χ4n) is 5.14. The average Bonchev–Trinajstić information content (AvgIpc) is 3.14. The number of rotatable bonds is 6. The summed E-state index contributed by atoms with van der Waals surface area (Å²) in [5.41, 5.74) is 6.25. The Kier molecular flexibility index (Phi) is 6.50. The van der Waals surface area contributed by atoms with Gasteiger partial charge in [0.1, 0.15) is 5.82 Å². The quantitative estimate of drug-likeness (QED) is 0.370. The first-order chi connectivity index (χ1) is 17.7. The Morgan fingerprint density at radius 2 is 1.95 bits per heavy atom. The van der Waals surface area contributed by atoms with Crippen LogP contribution in [0.25, 0.3) is 16.6 Å². The third-order valence-corrected chi connectivity index (χ3v) is 7.29. The van der Waals surface area contributed by atoms with Gasteiger partial charge in [-0.05, 0) is 68.8 Å². The SMILES string of the molecule is C=CCn1c(=O)c2cnc(Nc3ccc4c(c3)CCC(N(C)C)C4)cc2n1-c1ccnc(C(C)(C)C)c1. The number of benzene rings is 1. The Morgan fingerprint density at radius 3 is 2.68 bits per heavy atom. The molecule has 0 radical (unpaired) electrons. The van der Waals surface area contributed by atoms with Crippen LogP contribution in [0.3, 0.4) is 0 Å². The second-order valence-corrected chi connectivity index (χ2v) is 11.2. The Bertz CT molecular complexity index is 1520. The van der Waals surface area contributed by atoms with Gasteiger partial charge in [-0.3, -0.25) is 9.78 Å². The molecule has 5 rings (SSSR count). The van der Waals surface area contributed by atoms with Gasteiger partial charge in [0.15, 0.2) is 0 Å². The lowest BCUT2D eigenvalue weighted by atomic mass is 9.87. The lowest BCUT2D eigenvalue weighted by molar-refractivity contribution is 0.268. The number of aromatic nitrogens is 4. The second-order valence-electron chi connectivity index (χ2n) is 11.2. The topological polar surface area (TPSA) is 68.0 Å². The fraction of sp³-hybridized carbons (Fsp3) is 0.367. The van der Waals surface area contributed by atoms with Gasteiger partial charge in [-0.25, -0.2) is 14.3 Å². The van der Waals surface area contributed by atoms with Crippen molar-refractivity contribution in [1.29, 1.82) is 0 Å². The monoisotopic (exact) mass is 496 g/mol. The fourth-order valence-corrected chi connectivity index (χ4v) is 5.14. The second kappa shape index (κ2) is 9.63. The minimum Gasteiger partial charge on any atom is -0.340 e. The maximum atomic E-state index is 13.3. The minimum atomic E-state index is -0.115. The molecule has 0 spiro atoms. The summed E-state index contributed by atoms with van der Waals surface area (Å²) >= 11 is 0. The van der Waals surface area contributed by atoms with Crippen LogP contribution in [0, 0.1) is 0 Å². The molecule has 7 nitrogen and oxygen atoms in total. The number of fused-ring (bicyclic) bond motifs is 2. The molecule has 3 aromatic heterocycles. The Morgan fingerprint density at radius 1 is 1.14 bits per heavy atom. The Balaban J connectivity index is 1.55. The van der Waals surface area contributed by atoms with Crippen LogP contribution in [0.15, 0.2) is 66.2 Å². The molecule has 0 aliphatic heterocycles. The highest BCUT2D eigenvalue weighted by molar-refractivity contribution is 5.83. The van der Waals surface area contributed by atoms with Gasteiger partial charge in [-0.1, -0.05) is 32.9 Å². The molecule has 192 valence electrons. The number of nitrogens with one attached hydrogen (secondary N) is 1. The van der Waals surface area contributed by atoms with Crippen LogP contribution in [0.2, 0.25) is 0 Å². The van der Waals surface area contributed by atoms with E-state index in [0.717, 1.165) is 35.4 Å². The van der Waals surface area contributed by atoms with E-state index in [9.17, 15) is 4.79 Å². The van der Waals surface area contributed by atoms with Crippen molar-refractivity contribution in [3.8, 4) is 5.69 Å². The molecule has 1 unspecified atom stereocenters. The molecule has 1 atom stereocenters. The summed E-state index contributed by atoms with van der Waals surface area (Å²) in [5.74, 6) is 0.698. The van der Waals surface area contributed by atoms with E-state index in [1.165, 1.54) is 17.5 Å². The largest absolute Gasteiger partial charge is 0.340 e. The maximum Gasteiger partial charge on any atom is 0.276 e. The Hall–Kier alpha value is -3.71. The molecule has 0 bridgehead atoms. The van der Waals surface area contributed by atoms with Gasteiger partial charge in [0.2, 0.25) is 0 Å². The van der Waals surface area contributed by atoms with E-state index in [2.05, 4.69) is 85.9 Å². The zero-order valence-corrected chi connectivity index (χ0v) is 22.5. The molecule has 7 heteroatoms. The zero-order chi connectivity index (χ0) is 26.3. The highest BCUT2D eigenvalue weighted by Crippen LogP contribution is 2.29. The number of nitrogens with zero attached hydrogens (tertiary/aromatic N) is 5. The number of aryl methyl sites for hydroxylation is 1. The van der Waals surface area contributed by atoms with Crippen LogP contribution < -0.4 is 10.9 Å². The van der Waals surface area contributed by atoms with Crippen molar-refractivity contribution in [2.45, 2.75) is 58.0 Å². The normalized spacial score (nSPS) is 15.7. The summed E-state index contributed by atoms with van der Waals surface area (Å²) in [7, 11) is 4.32. The van der Waals surface area contributed by atoms with Gasteiger partial charge in [-0.2, -0.15) is 0 Å². The van der Waals surface area contributed by atoms with Crippen LogP contribution in [0.1, 0.15) is 44.0 Å². The summed E-state index contributed by atoms with van der Waals surface area (Å²) in [4.78, 5) is 24.8. The lowest BCUT2D eigenvalue weighted by Crippen LogP contribution is -2.33. The molecule has 1 aliphatic rings. The number of pyridine rings is 2. The number of hydrogen-bond acceptors (Lipinski definition) is 5. The number of likely N-dealkylation sites (N-methyl/N-ethyl adjacent to an activating group) is 1. The summed E-state index contributed by atoms with van der Waals surface area (Å²) in [6, 6.07) is 13.1. The standard InChI is InChI=1S/C30H36N6O/c1-7-14-35-29(37)25-19-32-28(18-26(25)36(35)24-12-13-31-27(17-24)30(2,3)4)33-22-10-8-21-16-23(34(5)6)11-9-20(21)15-22/h7-8,10,12-13,15,17-19,23H,1,9,11,14,16H2,2-6H3,(H,32,33). The molecule has 0 saturated heterocycles. The van der Waals surface area contributed by atoms with E-state index in [-0.39, 0.29) is 11.0 Å². The molecule has 37 heavy (non-hydrogen) atoms. The van der Waals surface area contributed by atoms with Crippen molar-refractivity contribution in [2.24, 2.45) is 0 Å². The van der Waals surface area contributed by atoms with Crippen molar-refractivity contribution >= 4 is 22.4 Å². The minimum absolute atomic E-state index is 0.0905. The smallest absolute Gasteiger partial charge is 0.276 e. The van der Waals surface area contributed by atoms with Gasteiger partial charge in [0.25, 0.3) is 5.56 Å². The summed E-state index contributed by atoms with van der Waals surface area (Å²) in [5, 5.41) is 4.05. The summed E-state index contributed by atoms with van der Waals surface area (Å²) in [6.07, 6.45) is 8.53. The first-order valence-electron chi connectivity index (χ1n) is 12.9. The van der Waals surface area contributed by atoms with E-state index in [4.69, 9.17) is 0 Å². The van der Waals surface area contributed by atoms with Crippen LogP contribution in [-0.2, 0) is 24.8 Å². The van der Waals surface area contributed by atoms with E-state index < -0.39 is 0 Å². The molecule has 1 N–H and O–H groups in total. The van der Waals surface area contributed by atoms with E-state index in [1.807, 2.05) is 16.8 Å². The zero-order valence-electron chi connectivity index (χ0n) is 22.5. The Labute approximate surface area is 218 Å². The third-order valence-electron chi connectivity index (χ3n) is 7.29.